The fraction of sp³-hybridized carbons (Fsp3) is 0.600. The van der Waals surface area contributed by atoms with Crippen molar-refractivity contribution in [3.63, 3.8) is 0 Å². The highest BCUT2D eigenvalue weighted by molar-refractivity contribution is 6.03. The number of carbonyl (C=O) groups excluding carboxylic acids is 1. The Bertz CT molecular complexity index is 451. The van der Waals surface area contributed by atoms with Crippen molar-refractivity contribution in [2.75, 3.05) is 14.1 Å². The van der Waals surface area contributed by atoms with Crippen LogP contribution in [0.25, 0.3) is 0 Å². The molecule has 0 amide bonds. The second kappa shape index (κ2) is 5.78. The highest BCUT2D eigenvalue weighted by atomic mass is 19.1. The zero-order valence-corrected chi connectivity index (χ0v) is 11.7. The molecule has 1 aliphatic carbocycles. The highest BCUT2D eigenvalue weighted by Crippen LogP contribution is 2.34. The molecule has 0 aliphatic heterocycles. The lowest BCUT2D eigenvalue weighted by Gasteiger charge is -2.38. The number of rotatable bonds is 3. The lowest BCUT2D eigenvalue weighted by atomic mass is 9.82. The number of carbonyl (C=O) groups is 1. The van der Waals surface area contributed by atoms with E-state index in [0.29, 0.717) is 5.56 Å². The molecule has 3 nitrogen and oxygen atoms in total. The largest absolute Gasteiger partial charge is 0.297 e. The Kier molecular flexibility index (Phi) is 4.30. The van der Waals surface area contributed by atoms with Crippen LogP contribution in [-0.4, -0.2) is 35.3 Å². The van der Waals surface area contributed by atoms with Gasteiger partial charge in [0.25, 0.3) is 0 Å². The fourth-order valence-corrected chi connectivity index (χ4v) is 3.00. The minimum atomic E-state index is -0.494. The first kappa shape index (κ1) is 14.1. The van der Waals surface area contributed by atoms with Gasteiger partial charge in [0, 0.05) is 11.8 Å². The molecular formula is C15H21FN2O. The molecule has 0 bridgehead atoms. The van der Waals surface area contributed by atoms with E-state index in [0.717, 1.165) is 31.9 Å². The van der Waals surface area contributed by atoms with Gasteiger partial charge in [-0.1, -0.05) is 25.7 Å². The summed E-state index contributed by atoms with van der Waals surface area (Å²) >= 11 is 0. The summed E-state index contributed by atoms with van der Waals surface area (Å²) in [6.07, 6.45) is 8.73. The summed E-state index contributed by atoms with van der Waals surface area (Å²) < 4.78 is 13.3. The van der Waals surface area contributed by atoms with Crippen molar-refractivity contribution in [3.8, 4) is 0 Å². The quantitative estimate of drug-likeness (QED) is 0.621. The molecule has 0 saturated heterocycles. The Hall–Kier alpha value is -1.29. The molecule has 0 unspecified atom stereocenters. The van der Waals surface area contributed by atoms with Gasteiger partial charge in [0.15, 0.2) is 5.78 Å². The van der Waals surface area contributed by atoms with E-state index in [1.807, 2.05) is 19.0 Å². The third kappa shape index (κ3) is 2.84. The molecule has 2 rings (SSSR count). The molecule has 1 heterocycles. The smallest absolute Gasteiger partial charge is 0.184 e. The van der Waals surface area contributed by atoms with Crippen LogP contribution >= 0.6 is 0 Å². The van der Waals surface area contributed by atoms with Crippen molar-refractivity contribution in [1.29, 1.82) is 0 Å². The Morgan fingerprint density at radius 1 is 1.21 bits per heavy atom. The van der Waals surface area contributed by atoms with E-state index in [-0.39, 0.29) is 5.78 Å². The van der Waals surface area contributed by atoms with Gasteiger partial charge < -0.3 is 0 Å². The number of ketones is 1. The van der Waals surface area contributed by atoms with Crippen LogP contribution in [0.1, 0.15) is 48.9 Å². The molecule has 19 heavy (non-hydrogen) atoms. The van der Waals surface area contributed by atoms with Crippen LogP contribution in [0, 0.1) is 5.82 Å². The molecule has 1 aromatic rings. The molecule has 1 saturated carbocycles. The van der Waals surface area contributed by atoms with Crippen molar-refractivity contribution in [2.45, 2.75) is 44.1 Å². The molecule has 1 aliphatic rings. The number of Topliss-reactive ketones (excluding diaryl/α,β-unsaturated/α-hetero) is 1. The van der Waals surface area contributed by atoms with Gasteiger partial charge in [-0.05, 0) is 33.0 Å². The number of likely N-dealkylation sites (N-methyl/N-ethyl adjacent to an activating group) is 1. The van der Waals surface area contributed by atoms with Crippen LogP contribution in [0.15, 0.2) is 18.5 Å². The van der Waals surface area contributed by atoms with Gasteiger partial charge >= 0.3 is 0 Å². The SMILES string of the molecule is CN(C)C1(C(=O)c2cncc(F)c2)CCCCCC1. The van der Waals surface area contributed by atoms with Crippen molar-refractivity contribution in [1.82, 2.24) is 9.88 Å². The molecule has 0 aromatic carbocycles. The topological polar surface area (TPSA) is 33.2 Å². The number of halogens is 1. The van der Waals surface area contributed by atoms with Crippen LogP contribution < -0.4 is 0 Å². The summed E-state index contributed by atoms with van der Waals surface area (Å²) in [7, 11) is 3.88. The van der Waals surface area contributed by atoms with E-state index >= 15 is 0 Å². The van der Waals surface area contributed by atoms with Gasteiger partial charge in [-0.2, -0.15) is 0 Å². The van der Waals surface area contributed by atoms with Crippen molar-refractivity contribution >= 4 is 5.78 Å². The first-order chi connectivity index (χ1) is 9.06. The normalized spacial score (nSPS) is 19.2. The zero-order valence-electron chi connectivity index (χ0n) is 11.7. The van der Waals surface area contributed by atoms with Gasteiger partial charge in [0.1, 0.15) is 5.82 Å². The first-order valence-corrected chi connectivity index (χ1v) is 6.89. The maximum absolute atomic E-state index is 13.3. The number of nitrogens with zero attached hydrogens (tertiary/aromatic N) is 2. The zero-order chi connectivity index (χ0) is 13.9. The molecular weight excluding hydrogens is 243 g/mol. The minimum Gasteiger partial charge on any atom is -0.297 e. The summed E-state index contributed by atoms with van der Waals surface area (Å²) in [6, 6.07) is 1.30. The van der Waals surface area contributed by atoms with Crippen molar-refractivity contribution in [3.05, 3.63) is 29.8 Å². The van der Waals surface area contributed by atoms with Crippen molar-refractivity contribution < 1.29 is 9.18 Å². The van der Waals surface area contributed by atoms with Crippen LogP contribution in [-0.2, 0) is 0 Å². The summed E-state index contributed by atoms with van der Waals surface area (Å²) in [6.45, 7) is 0. The Labute approximate surface area is 113 Å². The average molecular weight is 264 g/mol. The molecule has 4 heteroatoms. The standard InChI is InChI=1S/C15H21FN2O/c1-18(2)15(7-5-3-4-6-8-15)14(19)12-9-13(16)11-17-10-12/h9-11H,3-8H2,1-2H3. The van der Waals surface area contributed by atoms with Crippen LogP contribution in [0.4, 0.5) is 4.39 Å². The number of pyridine rings is 1. The predicted octanol–water partition coefficient (Wildman–Crippen LogP) is 3.06. The second-order valence-corrected chi connectivity index (χ2v) is 5.56. The summed E-state index contributed by atoms with van der Waals surface area (Å²) in [4.78, 5) is 18.6. The first-order valence-electron chi connectivity index (χ1n) is 6.89. The van der Waals surface area contributed by atoms with Gasteiger partial charge in [-0.25, -0.2) is 4.39 Å². The van der Waals surface area contributed by atoms with Gasteiger partial charge in [0.05, 0.1) is 11.7 Å². The second-order valence-electron chi connectivity index (χ2n) is 5.56. The Morgan fingerprint density at radius 3 is 2.37 bits per heavy atom. The van der Waals surface area contributed by atoms with Gasteiger partial charge in [0.2, 0.25) is 0 Å². The van der Waals surface area contributed by atoms with E-state index in [1.54, 1.807) is 0 Å². The van der Waals surface area contributed by atoms with E-state index in [4.69, 9.17) is 0 Å². The fourth-order valence-electron chi connectivity index (χ4n) is 3.00. The molecule has 1 aromatic heterocycles. The Balaban J connectivity index is 2.35. The minimum absolute atomic E-state index is 0.00593. The summed E-state index contributed by atoms with van der Waals surface area (Å²) in [5, 5.41) is 0. The summed E-state index contributed by atoms with van der Waals surface area (Å²) in [5.74, 6) is -0.445. The van der Waals surface area contributed by atoms with Gasteiger partial charge in [-0.3, -0.25) is 14.7 Å². The Morgan fingerprint density at radius 2 is 1.84 bits per heavy atom. The van der Waals surface area contributed by atoms with Crippen LogP contribution in [0.2, 0.25) is 0 Å². The van der Waals surface area contributed by atoms with Crippen LogP contribution in [0.5, 0.6) is 0 Å². The molecule has 0 radical (unpaired) electrons. The molecule has 0 N–H and O–H groups in total. The maximum atomic E-state index is 13.3. The highest BCUT2D eigenvalue weighted by Gasteiger charge is 2.41. The average Bonchev–Trinajstić information content (AvgIpc) is 2.64. The summed E-state index contributed by atoms with van der Waals surface area (Å²) in [5.41, 5.74) is -0.109. The molecule has 0 spiro atoms. The van der Waals surface area contributed by atoms with Crippen LogP contribution in [0.3, 0.4) is 0 Å². The third-order valence-corrected chi connectivity index (χ3v) is 4.18. The predicted molar refractivity (Wildman–Crippen MR) is 72.6 cm³/mol. The van der Waals surface area contributed by atoms with E-state index < -0.39 is 11.4 Å². The monoisotopic (exact) mass is 264 g/mol. The number of aromatic nitrogens is 1. The van der Waals surface area contributed by atoms with E-state index in [1.165, 1.54) is 25.1 Å². The molecule has 0 atom stereocenters. The maximum Gasteiger partial charge on any atom is 0.184 e. The van der Waals surface area contributed by atoms with Crippen molar-refractivity contribution in [2.24, 2.45) is 0 Å². The number of hydrogen-bond acceptors (Lipinski definition) is 3. The number of hydrogen-bond donors (Lipinski definition) is 0. The lowest BCUT2D eigenvalue weighted by molar-refractivity contribution is 0.0634. The van der Waals surface area contributed by atoms with E-state index in [2.05, 4.69) is 4.98 Å². The molecule has 104 valence electrons. The van der Waals surface area contributed by atoms with E-state index in [9.17, 15) is 9.18 Å². The molecule has 1 fully saturated rings. The lowest BCUT2D eigenvalue weighted by Crippen LogP contribution is -2.50. The van der Waals surface area contributed by atoms with Gasteiger partial charge in [-0.15, -0.1) is 0 Å². The third-order valence-electron chi connectivity index (χ3n) is 4.18.